The third-order valence-corrected chi connectivity index (χ3v) is 6.15. The Kier molecular flexibility index (Phi) is 4.88. The minimum atomic E-state index is -3.67. The number of rotatable bonds is 4. The third kappa shape index (κ3) is 3.89. The van der Waals surface area contributed by atoms with Crippen LogP contribution in [0, 0.1) is 20.8 Å². The van der Waals surface area contributed by atoms with Crippen molar-refractivity contribution in [3.05, 3.63) is 75.5 Å². The van der Waals surface area contributed by atoms with Crippen molar-refractivity contribution < 1.29 is 8.42 Å². The zero-order valence-corrected chi connectivity index (χ0v) is 16.0. The number of hydrogen-bond acceptors (Lipinski definition) is 3. The molecule has 128 valence electrons. The van der Waals surface area contributed by atoms with E-state index in [9.17, 15) is 8.42 Å². The number of thiophene rings is 1. The van der Waals surface area contributed by atoms with Crippen molar-refractivity contribution >= 4 is 27.6 Å². The number of aryl methyl sites for hydroxylation is 3. The van der Waals surface area contributed by atoms with Crippen molar-refractivity contribution in [2.45, 2.75) is 25.7 Å². The maximum atomic E-state index is 12.3. The van der Waals surface area contributed by atoms with Gasteiger partial charge in [-0.05, 0) is 66.6 Å². The molecule has 0 fully saturated rings. The average molecular weight is 370 g/mol. The third-order valence-electron chi connectivity index (χ3n) is 4.03. The molecule has 0 bridgehead atoms. The molecular weight excluding hydrogens is 350 g/mol. The van der Waals surface area contributed by atoms with E-state index in [0.717, 1.165) is 16.0 Å². The van der Waals surface area contributed by atoms with Crippen LogP contribution in [0.15, 0.2) is 63.2 Å². The van der Waals surface area contributed by atoms with Gasteiger partial charge in [0.25, 0.3) is 10.0 Å². The van der Waals surface area contributed by atoms with Crippen molar-refractivity contribution in [2.75, 3.05) is 0 Å². The van der Waals surface area contributed by atoms with Crippen LogP contribution >= 0.6 is 11.3 Å². The number of benzene rings is 2. The maximum absolute atomic E-state index is 12.3. The molecule has 0 saturated heterocycles. The van der Waals surface area contributed by atoms with Gasteiger partial charge in [0, 0.05) is 4.88 Å². The average Bonchev–Trinajstić information content (AvgIpc) is 3.02. The van der Waals surface area contributed by atoms with E-state index in [1.807, 2.05) is 24.4 Å². The van der Waals surface area contributed by atoms with E-state index in [0.29, 0.717) is 0 Å². The quantitative estimate of drug-likeness (QED) is 0.597. The lowest BCUT2D eigenvalue weighted by atomic mass is 9.98. The van der Waals surface area contributed by atoms with Gasteiger partial charge < -0.3 is 0 Å². The molecule has 0 aliphatic carbocycles. The van der Waals surface area contributed by atoms with E-state index >= 15 is 0 Å². The molecule has 0 amide bonds. The van der Waals surface area contributed by atoms with Crippen molar-refractivity contribution in [1.29, 1.82) is 0 Å². The monoisotopic (exact) mass is 369 g/mol. The van der Waals surface area contributed by atoms with E-state index in [1.54, 1.807) is 24.3 Å². The Morgan fingerprint density at radius 1 is 0.960 bits per heavy atom. The minimum Gasteiger partial charge on any atom is -0.199 e. The molecule has 3 rings (SSSR count). The summed E-state index contributed by atoms with van der Waals surface area (Å²) in [7, 11) is -3.67. The lowest BCUT2D eigenvalue weighted by Crippen LogP contribution is -1.97. The van der Waals surface area contributed by atoms with Crippen LogP contribution in [0.5, 0.6) is 0 Å². The molecule has 0 spiro atoms. The summed E-state index contributed by atoms with van der Waals surface area (Å²) in [4.78, 5) is 1.02. The first kappa shape index (κ1) is 17.6. The normalized spacial score (nSPS) is 12.0. The molecule has 3 aromatic rings. The van der Waals surface area contributed by atoms with Crippen LogP contribution in [-0.4, -0.2) is 14.6 Å². The predicted molar refractivity (Wildman–Crippen MR) is 105 cm³/mol. The Morgan fingerprint density at radius 2 is 1.60 bits per heavy atom. The van der Waals surface area contributed by atoms with Crippen molar-refractivity contribution in [2.24, 2.45) is 4.40 Å². The lowest BCUT2D eigenvalue weighted by molar-refractivity contribution is 0.598. The van der Waals surface area contributed by atoms with Crippen LogP contribution in [0.4, 0.5) is 0 Å². The van der Waals surface area contributed by atoms with Gasteiger partial charge in [-0.15, -0.1) is 11.3 Å². The topological polar surface area (TPSA) is 46.5 Å². The minimum absolute atomic E-state index is 0.209. The molecule has 25 heavy (non-hydrogen) atoms. The predicted octanol–water partition coefficient (Wildman–Crippen LogP) is 5.15. The fourth-order valence-corrected chi connectivity index (χ4v) is 4.39. The van der Waals surface area contributed by atoms with Gasteiger partial charge in [0.15, 0.2) is 0 Å². The second kappa shape index (κ2) is 6.94. The summed E-state index contributed by atoms with van der Waals surface area (Å²) in [5.74, 6) is 0. The second-order valence-electron chi connectivity index (χ2n) is 6.03. The van der Waals surface area contributed by atoms with Crippen LogP contribution < -0.4 is 0 Å². The Hall–Kier alpha value is -2.24. The molecule has 0 radical (unpaired) electrons. The fraction of sp³-hybridized carbons (Fsp3) is 0.150. The van der Waals surface area contributed by atoms with E-state index in [-0.39, 0.29) is 4.90 Å². The van der Waals surface area contributed by atoms with Crippen molar-refractivity contribution in [3.8, 4) is 11.1 Å². The highest BCUT2D eigenvalue weighted by molar-refractivity contribution is 7.90. The highest BCUT2D eigenvalue weighted by atomic mass is 32.2. The first-order valence-electron chi connectivity index (χ1n) is 7.89. The SMILES string of the molecule is Cc1ccc(S(=O)(=O)/N=C/c2cc(-c3c(C)cccc3C)cs2)cc1. The number of sulfonamides is 1. The zero-order valence-electron chi connectivity index (χ0n) is 14.4. The largest absolute Gasteiger partial charge is 0.282 e. The van der Waals surface area contributed by atoms with Gasteiger partial charge in [0.2, 0.25) is 0 Å². The molecule has 2 aromatic carbocycles. The summed E-state index contributed by atoms with van der Waals surface area (Å²) >= 11 is 1.49. The standard InChI is InChI=1S/C20H19NO2S2/c1-14-7-9-19(10-8-14)25(22,23)21-12-18-11-17(13-24-18)20-15(2)5-4-6-16(20)3/h4-13H,1-3H3/b21-12+. The first-order valence-corrected chi connectivity index (χ1v) is 10.2. The Morgan fingerprint density at radius 3 is 2.24 bits per heavy atom. The molecular formula is C20H19NO2S2. The molecule has 3 nitrogen and oxygen atoms in total. The molecule has 1 aromatic heterocycles. The fourth-order valence-electron chi connectivity index (χ4n) is 2.71. The second-order valence-corrected chi connectivity index (χ2v) is 8.60. The van der Waals surface area contributed by atoms with Gasteiger partial charge in [0.1, 0.15) is 0 Å². The highest BCUT2D eigenvalue weighted by Gasteiger charge is 2.12. The molecule has 0 N–H and O–H groups in total. The summed E-state index contributed by atoms with van der Waals surface area (Å²) in [6.45, 7) is 6.08. The summed E-state index contributed by atoms with van der Waals surface area (Å²) < 4.78 is 28.5. The van der Waals surface area contributed by atoms with E-state index in [1.165, 1.54) is 34.2 Å². The Bertz CT molecular complexity index is 1010. The summed E-state index contributed by atoms with van der Waals surface area (Å²) in [6, 6.07) is 14.9. The maximum Gasteiger partial charge on any atom is 0.282 e. The summed E-state index contributed by atoms with van der Waals surface area (Å²) in [5, 5.41) is 2.04. The van der Waals surface area contributed by atoms with Gasteiger partial charge in [-0.1, -0.05) is 35.9 Å². The van der Waals surface area contributed by atoms with Crippen LogP contribution in [0.1, 0.15) is 21.6 Å². The smallest absolute Gasteiger partial charge is 0.199 e. The van der Waals surface area contributed by atoms with E-state index < -0.39 is 10.0 Å². The Balaban J connectivity index is 1.88. The number of hydrogen-bond donors (Lipinski definition) is 0. The first-order chi connectivity index (χ1) is 11.9. The zero-order chi connectivity index (χ0) is 18.0. The van der Waals surface area contributed by atoms with E-state index in [4.69, 9.17) is 0 Å². The van der Waals surface area contributed by atoms with Crippen molar-refractivity contribution in [1.82, 2.24) is 0 Å². The van der Waals surface area contributed by atoms with Gasteiger partial charge in [-0.3, -0.25) is 0 Å². The van der Waals surface area contributed by atoms with Crippen molar-refractivity contribution in [3.63, 3.8) is 0 Å². The number of nitrogens with zero attached hydrogens (tertiary/aromatic N) is 1. The molecule has 0 aliphatic heterocycles. The van der Waals surface area contributed by atoms with Crippen LogP contribution in [0.2, 0.25) is 0 Å². The lowest BCUT2D eigenvalue weighted by Gasteiger charge is -2.07. The molecule has 0 atom stereocenters. The highest BCUT2D eigenvalue weighted by Crippen LogP contribution is 2.30. The molecule has 0 aliphatic rings. The summed E-state index contributed by atoms with van der Waals surface area (Å²) in [6.07, 6.45) is 1.43. The van der Waals surface area contributed by atoms with Gasteiger partial charge in [-0.2, -0.15) is 12.8 Å². The molecule has 0 unspecified atom stereocenters. The van der Waals surface area contributed by atoms with Crippen LogP contribution in [-0.2, 0) is 10.0 Å². The van der Waals surface area contributed by atoms with Crippen LogP contribution in [0.25, 0.3) is 11.1 Å². The van der Waals surface area contributed by atoms with Gasteiger partial charge >= 0.3 is 0 Å². The van der Waals surface area contributed by atoms with Gasteiger partial charge in [0.05, 0.1) is 11.1 Å². The molecule has 0 saturated carbocycles. The molecule has 1 heterocycles. The van der Waals surface area contributed by atoms with E-state index in [2.05, 4.69) is 30.4 Å². The van der Waals surface area contributed by atoms with Gasteiger partial charge in [-0.25, -0.2) is 0 Å². The summed E-state index contributed by atoms with van der Waals surface area (Å²) in [5.41, 5.74) is 5.70. The van der Waals surface area contributed by atoms with Crippen LogP contribution in [0.3, 0.4) is 0 Å². The Labute approximate surface area is 152 Å². The molecule has 5 heteroatoms.